The van der Waals surface area contributed by atoms with Crippen LogP contribution in [0.3, 0.4) is 0 Å². The number of hydrogen-bond donors (Lipinski definition) is 1. The van der Waals surface area contributed by atoms with Crippen LogP contribution in [0.15, 0.2) is 12.7 Å². The molecule has 1 N–H and O–H groups in total. The van der Waals surface area contributed by atoms with E-state index in [1.165, 1.54) is 0 Å². The summed E-state index contributed by atoms with van der Waals surface area (Å²) < 4.78 is 18.2. The lowest BCUT2D eigenvalue weighted by molar-refractivity contribution is -0.154. The first-order chi connectivity index (χ1) is 11.2. The van der Waals surface area contributed by atoms with Crippen LogP contribution in [0.1, 0.15) is 25.7 Å². The van der Waals surface area contributed by atoms with Crippen LogP contribution in [0.4, 0.5) is 0 Å². The zero-order valence-electron chi connectivity index (χ0n) is 16.9. The van der Waals surface area contributed by atoms with Crippen LogP contribution in [0.2, 0.25) is 39.3 Å². The molecule has 5 nitrogen and oxygen atoms in total. The lowest BCUT2D eigenvalue weighted by Crippen LogP contribution is -2.52. The SMILES string of the molecule is C=CC(=O)OC1CCC(CC([SiH3])(O[Si](C)(C)C)O[Si](C)(C)C)CC1O. The van der Waals surface area contributed by atoms with Gasteiger partial charge in [0, 0.05) is 6.08 Å². The first-order valence-electron chi connectivity index (χ1n) is 9.14. The van der Waals surface area contributed by atoms with Crippen LogP contribution in [0.5, 0.6) is 0 Å². The third-order valence-electron chi connectivity index (χ3n) is 4.00. The molecule has 0 radical (unpaired) electrons. The lowest BCUT2D eigenvalue weighted by Gasteiger charge is -2.44. The highest BCUT2D eigenvalue weighted by molar-refractivity contribution is 6.71. The van der Waals surface area contributed by atoms with Crippen LogP contribution >= 0.6 is 0 Å². The first-order valence-corrected chi connectivity index (χ1v) is 17.0. The molecule has 1 aliphatic carbocycles. The second-order valence-corrected chi connectivity index (χ2v) is 19.6. The Morgan fingerprint density at radius 2 is 1.72 bits per heavy atom. The minimum atomic E-state index is -1.75. The standard InChI is InChI=1S/C17H36O5Si3/c1-8-16(19)20-15-10-9-13(11-14(15)18)12-17(23,21-24(2,3)4)22-25(5,6)7/h8,13-15,18H,1,9-12H2,2-7,23H3. The Morgan fingerprint density at radius 3 is 2.12 bits per heavy atom. The van der Waals surface area contributed by atoms with Crippen LogP contribution in [0.25, 0.3) is 0 Å². The molecule has 0 bridgehead atoms. The van der Waals surface area contributed by atoms with Gasteiger partial charge in [0.1, 0.15) is 11.5 Å². The average molecular weight is 405 g/mol. The van der Waals surface area contributed by atoms with E-state index in [-0.39, 0.29) is 0 Å². The predicted molar refractivity (Wildman–Crippen MR) is 110 cm³/mol. The molecule has 0 aromatic rings. The highest BCUT2D eigenvalue weighted by Gasteiger charge is 2.41. The molecule has 0 spiro atoms. The monoisotopic (exact) mass is 404 g/mol. The largest absolute Gasteiger partial charge is 0.456 e. The van der Waals surface area contributed by atoms with Gasteiger partial charge in [-0.2, -0.15) is 0 Å². The van der Waals surface area contributed by atoms with E-state index >= 15 is 0 Å². The van der Waals surface area contributed by atoms with Gasteiger partial charge in [-0.1, -0.05) is 6.58 Å². The summed E-state index contributed by atoms with van der Waals surface area (Å²) >= 11 is 0. The first kappa shape index (κ1) is 22.8. The van der Waals surface area contributed by atoms with Gasteiger partial charge in [0.15, 0.2) is 16.6 Å². The number of carbonyl (C=O) groups excluding carboxylic acids is 1. The summed E-state index contributed by atoms with van der Waals surface area (Å²) in [5, 5.41) is 10.4. The van der Waals surface area contributed by atoms with Gasteiger partial charge >= 0.3 is 5.97 Å². The van der Waals surface area contributed by atoms with Gasteiger partial charge in [-0.3, -0.25) is 0 Å². The molecular weight excluding hydrogens is 368 g/mol. The van der Waals surface area contributed by atoms with E-state index in [0.29, 0.717) is 18.8 Å². The molecule has 0 aromatic heterocycles. The van der Waals surface area contributed by atoms with Crippen molar-refractivity contribution in [3.63, 3.8) is 0 Å². The highest BCUT2D eigenvalue weighted by Crippen LogP contribution is 2.35. The van der Waals surface area contributed by atoms with Gasteiger partial charge in [0.05, 0.1) is 16.3 Å². The van der Waals surface area contributed by atoms with E-state index in [2.05, 4.69) is 45.9 Å². The highest BCUT2D eigenvalue weighted by atomic mass is 28.4. The Kier molecular flexibility index (Phi) is 7.85. The second kappa shape index (κ2) is 8.62. The third-order valence-corrected chi connectivity index (χ3v) is 7.72. The smallest absolute Gasteiger partial charge is 0.330 e. The van der Waals surface area contributed by atoms with Gasteiger partial charge in [0.25, 0.3) is 0 Å². The van der Waals surface area contributed by atoms with Crippen LogP contribution < -0.4 is 0 Å². The van der Waals surface area contributed by atoms with Crippen molar-refractivity contribution in [2.24, 2.45) is 5.92 Å². The minimum Gasteiger partial charge on any atom is -0.456 e. The Morgan fingerprint density at radius 1 is 1.20 bits per heavy atom. The fourth-order valence-corrected chi connectivity index (χ4v) is 10.8. The molecule has 1 aliphatic rings. The molecule has 0 aromatic carbocycles. The van der Waals surface area contributed by atoms with Gasteiger partial charge < -0.3 is 18.7 Å². The van der Waals surface area contributed by atoms with Crippen molar-refractivity contribution in [1.29, 1.82) is 0 Å². The molecule has 1 rings (SSSR count). The average Bonchev–Trinajstić information content (AvgIpc) is 2.36. The Bertz CT molecular complexity index is 454. The van der Waals surface area contributed by atoms with Gasteiger partial charge in [-0.15, -0.1) is 0 Å². The number of hydrogen-bond acceptors (Lipinski definition) is 5. The van der Waals surface area contributed by atoms with Crippen molar-refractivity contribution in [3.8, 4) is 0 Å². The second-order valence-electron chi connectivity index (χ2n) is 9.19. The van der Waals surface area contributed by atoms with Gasteiger partial charge in [-0.05, 0) is 70.9 Å². The number of aliphatic hydroxyl groups is 1. The topological polar surface area (TPSA) is 65.0 Å². The van der Waals surface area contributed by atoms with E-state index in [0.717, 1.165) is 29.2 Å². The minimum absolute atomic E-state index is 0.318. The molecule has 3 unspecified atom stereocenters. The Balaban J connectivity index is 2.75. The van der Waals surface area contributed by atoms with E-state index < -0.39 is 40.2 Å². The number of aliphatic hydroxyl groups excluding tert-OH is 1. The molecule has 25 heavy (non-hydrogen) atoms. The quantitative estimate of drug-likeness (QED) is 0.291. The van der Waals surface area contributed by atoms with Gasteiger partial charge in [0.2, 0.25) is 0 Å². The summed E-state index contributed by atoms with van der Waals surface area (Å²) in [6, 6.07) is 0. The molecule has 8 heteroatoms. The third kappa shape index (κ3) is 8.78. The normalized spacial score (nSPS) is 25.6. The summed E-state index contributed by atoms with van der Waals surface area (Å²) in [6.45, 7) is 16.5. The van der Waals surface area contributed by atoms with Crippen LogP contribution in [-0.4, -0.2) is 55.6 Å². The lowest BCUT2D eigenvalue weighted by atomic mass is 9.83. The van der Waals surface area contributed by atoms with E-state index in [1.807, 2.05) is 0 Å². The molecule has 0 amide bonds. The fourth-order valence-electron chi connectivity index (χ4n) is 3.65. The maximum absolute atomic E-state index is 11.4. The Hall–Kier alpha value is -0.259. The molecule has 0 heterocycles. The van der Waals surface area contributed by atoms with Crippen LogP contribution in [-0.2, 0) is 18.4 Å². The van der Waals surface area contributed by atoms with E-state index in [4.69, 9.17) is 13.6 Å². The zero-order valence-corrected chi connectivity index (χ0v) is 20.9. The molecule has 0 saturated heterocycles. The fraction of sp³-hybridized carbons (Fsp3) is 0.824. The van der Waals surface area contributed by atoms with Crippen molar-refractivity contribution < 1.29 is 23.5 Å². The molecular formula is C17H36O5Si3. The summed E-state index contributed by atoms with van der Waals surface area (Å²) in [6.07, 6.45) is 3.08. The number of rotatable bonds is 8. The number of carbonyl (C=O) groups is 1. The van der Waals surface area contributed by atoms with E-state index in [9.17, 15) is 9.90 Å². The molecule has 1 fully saturated rings. The summed E-state index contributed by atoms with van der Waals surface area (Å²) in [5.74, 6) is -0.150. The van der Waals surface area contributed by atoms with Crippen LogP contribution in [0, 0.1) is 5.92 Å². The van der Waals surface area contributed by atoms with Crippen molar-refractivity contribution in [1.82, 2.24) is 0 Å². The van der Waals surface area contributed by atoms with Gasteiger partial charge in [-0.25, -0.2) is 4.79 Å². The summed E-state index contributed by atoms with van der Waals surface area (Å²) in [5.41, 5.74) is -0.482. The maximum atomic E-state index is 11.4. The number of esters is 1. The molecule has 146 valence electrons. The van der Waals surface area contributed by atoms with E-state index in [1.54, 1.807) is 0 Å². The zero-order chi connectivity index (χ0) is 19.5. The molecule has 1 saturated carbocycles. The summed E-state index contributed by atoms with van der Waals surface area (Å²) in [4.78, 5) is 11.4. The van der Waals surface area contributed by atoms with Crippen molar-refractivity contribution >= 4 is 32.8 Å². The Labute approximate surface area is 157 Å². The van der Waals surface area contributed by atoms with Crippen molar-refractivity contribution in [2.45, 2.75) is 82.6 Å². The van der Waals surface area contributed by atoms with Crippen molar-refractivity contribution in [3.05, 3.63) is 12.7 Å². The number of ether oxygens (including phenoxy) is 1. The molecule has 0 aliphatic heterocycles. The van der Waals surface area contributed by atoms with Crippen molar-refractivity contribution in [2.75, 3.05) is 0 Å². The summed E-state index contributed by atoms with van der Waals surface area (Å²) in [7, 11) is -2.70. The maximum Gasteiger partial charge on any atom is 0.330 e. The molecule has 3 atom stereocenters. The predicted octanol–water partition coefficient (Wildman–Crippen LogP) is 2.36.